The molecule has 6 atom stereocenters. The molecule has 8 rings (SSSR count). The monoisotopic (exact) mass is 849 g/mol. The molecule has 2 N–H and O–H groups in total. The van der Waals surface area contributed by atoms with Crippen molar-refractivity contribution < 1.29 is 9.59 Å². The Kier molecular flexibility index (Phi) is 14.1. The van der Waals surface area contributed by atoms with Gasteiger partial charge in [0.15, 0.2) is 0 Å². The summed E-state index contributed by atoms with van der Waals surface area (Å²) in [6.45, 7) is 9.70. The van der Waals surface area contributed by atoms with Crippen LogP contribution in [0.3, 0.4) is 0 Å². The quantitative estimate of drug-likeness (QED) is 0.109. The lowest BCUT2D eigenvalue weighted by atomic mass is 9.56. The topological polar surface area (TPSA) is 113 Å². The van der Waals surface area contributed by atoms with Crippen molar-refractivity contribution in [3.05, 3.63) is 90.8 Å². The number of amides is 2. The molecule has 0 aromatic carbocycles. The van der Waals surface area contributed by atoms with Crippen molar-refractivity contribution in [2.75, 3.05) is 53.4 Å². The molecule has 4 heterocycles. The van der Waals surface area contributed by atoms with Crippen LogP contribution in [-0.2, 0) is 33.5 Å². The molecule has 0 radical (unpaired) electrons. The molecule has 62 heavy (non-hydrogen) atoms. The summed E-state index contributed by atoms with van der Waals surface area (Å²) in [5.41, 5.74) is 6.46. The van der Waals surface area contributed by atoms with Crippen LogP contribution in [0.25, 0.3) is 0 Å². The van der Waals surface area contributed by atoms with Crippen LogP contribution < -0.4 is 11.1 Å². The zero-order valence-corrected chi connectivity index (χ0v) is 38.6. The van der Waals surface area contributed by atoms with Crippen LogP contribution in [0.2, 0.25) is 0 Å². The van der Waals surface area contributed by atoms with E-state index in [1.54, 1.807) is 12.1 Å². The summed E-state index contributed by atoms with van der Waals surface area (Å²) in [5, 5.41) is 0. The minimum Gasteiger partial charge on any atom is -0.332 e. The Morgan fingerprint density at radius 2 is 0.984 bits per heavy atom. The minimum absolute atomic E-state index is 0.0450. The highest BCUT2D eigenvalue weighted by Crippen LogP contribution is 2.58. The number of unbranched alkanes of at least 4 members (excludes halogenated alkanes) is 9. The zero-order chi connectivity index (χ0) is 43.4. The van der Waals surface area contributed by atoms with E-state index in [2.05, 4.69) is 69.7 Å². The molecule has 0 unspecified atom stereocenters. The maximum absolute atomic E-state index is 14.0. The third-order valence-corrected chi connectivity index (χ3v) is 16.3. The van der Waals surface area contributed by atoms with Crippen molar-refractivity contribution in [3.63, 3.8) is 0 Å². The summed E-state index contributed by atoms with van der Waals surface area (Å²) in [6, 6.07) is 7.37. The van der Waals surface area contributed by atoms with Crippen molar-refractivity contribution in [1.29, 1.82) is 0 Å². The highest BCUT2D eigenvalue weighted by atomic mass is 16.2. The van der Waals surface area contributed by atoms with Gasteiger partial charge in [-0.15, -0.1) is 0 Å². The van der Waals surface area contributed by atoms with Gasteiger partial charge in [-0.2, -0.15) is 0 Å². The fraction of sp³-hybridized carbons (Fsp3) is 0.692. The number of nitrogens with one attached hydrogen (secondary N) is 2. The number of nitrogens with zero attached hydrogens (tertiary/aromatic N) is 4. The van der Waals surface area contributed by atoms with Crippen molar-refractivity contribution in [3.8, 4) is 0 Å². The van der Waals surface area contributed by atoms with Gasteiger partial charge in [-0.1, -0.05) is 74.7 Å². The SMILES string of the molecule is CC1=C[C@H]2Cc3[nH]c(=O)ccc3[C@@]3(C1)[C@@H]2CCCN3C(=O)CCN(C)CCCCCCCCCCCCN(C)CCC(=O)N1CCC[C@@H]2[C@H]3C=C(C)C[C@]21c1ccc(=O)[nH]c1C3. The van der Waals surface area contributed by atoms with Gasteiger partial charge in [0.05, 0.1) is 11.1 Å². The Morgan fingerprint density at radius 1 is 0.597 bits per heavy atom. The van der Waals surface area contributed by atoms with E-state index >= 15 is 0 Å². The molecule has 338 valence electrons. The van der Waals surface area contributed by atoms with Gasteiger partial charge in [0.1, 0.15) is 0 Å². The first-order chi connectivity index (χ1) is 30.0. The van der Waals surface area contributed by atoms with Gasteiger partial charge in [-0.25, -0.2) is 0 Å². The molecule has 2 aromatic heterocycles. The van der Waals surface area contributed by atoms with Crippen LogP contribution in [0, 0.1) is 23.7 Å². The molecular weight excluding hydrogens is 773 g/mol. The first kappa shape index (κ1) is 44.8. The second-order valence-corrected chi connectivity index (χ2v) is 20.6. The molecule has 4 bridgehead atoms. The first-order valence-electron chi connectivity index (χ1n) is 24.8. The van der Waals surface area contributed by atoms with Gasteiger partial charge >= 0.3 is 0 Å². The van der Waals surface area contributed by atoms with Crippen molar-refractivity contribution >= 4 is 11.8 Å². The van der Waals surface area contributed by atoms with Gasteiger partial charge < -0.3 is 29.6 Å². The predicted molar refractivity (Wildman–Crippen MR) is 248 cm³/mol. The highest BCUT2D eigenvalue weighted by molar-refractivity contribution is 5.79. The summed E-state index contributed by atoms with van der Waals surface area (Å²) in [7, 11) is 4.33. The van der Waals surface area contributed by atoms with E-state index in [-0.39, 0.29) is 34.0 Å². The highest BCUT2D eigenvalue weighted by Gasteiger charge is 2.58. The van der Waals surface area contributed by atoms with E-state index in [0.717, 1.165) is 102 Å². The fourth-order valence-corrected chi connectivity index (χ4v) is 13.6. The number of piperidine rings is 2. The molecule has 6 aliphatic rings. The van der Waals surface area contributed by atoms with Crippen LogP contribution >= 0.6 is 0 Å². The van der Waals surface area contributed by atoms with Gasteiger partial charge in [0.25, 0.3) is 0 Å². The smallest absolute Gasteiger partial charge is 0.248 e. The van der Waals surface area contributed by atoms with Crippen LogP contribution in [0.4, 0.5) is 0 Å². The fourth-order valence-electron chi connectivity index (χ4n) is 13.6. The lowest BCUT2D eigenvalue weighted by Crippen LogP contribution is -2.62. The number of carbonyl (C=O) groups excluding carboxylic acids is 2. The third-order valence-electron chi connectivity index (χ3n) is 16.3. The van der Waals surface area contributed by atoms with Gasteiger partial charge in [-0.3, -0.25) is 19.2 Å². The Bertz CT molecular complexity index is 1960. The van der Waals surface area contributed by atoms with E-state index in [0.29, 0.717) is 36.5 Å². The van der Waals surface area contributed by atoms with Gasteiger partial charge in [0, 0.05) is 62.5 Å². The molecule has 2 amide bonds. The summed E-state index contributed by atoms with van der Waals surface area (Å²) >= 11 is 0. The van der Waals surface area contributed by atoms with Crippen LogP contribution in [0.1, 0.15) is 152 Å². The lowest BCUT2D eigenvalue weighted by Gasteiger charge is -2.59. The number of allylic oxidation sites excluding steroid dienone is 2. The minimum atomic E-state index is -0.320. The maximum atomic E-state index is 14.0. The average Bonchev–Trinajstić information content (AvgIpc) is 3.23. The number of hydrogen-bond acceptors (Lipinski definition) is 6. The molecule has 10 heteroatoms. The second-order valence-electron chi connectivity index (χ2n) is 20.6. The zero-order valence-electron chi connectivity index (χ0n) is 38.6. The number of aromatic nitrogens is 2. The summed E-state index contributed by atoms with van der Waals surface area (Å²) < 4.78 is 0. The largest absolute Gasteiger partial charge is 0.332 e. The van der Waals surface area contributed by atoms with Crippen LogP contribution in [0.15, 0.2) is 57.2 Å². The Morgan fingerprint density at radius 3 is 1.39 bits per heavy atom. The number of hydrogen-bond donors (Lipinski definition) is 2. The number of pyridine rings is 2. The number of aromatic amines is 2. The van der Waals surface area contributed by atoms with Crippen molar-refractivity contribution in [2.24, 2.45) is 23.7 Å². The third kappa shape index (κ3) is 9.11. The van der Waals surface area contributed by atoms with Crippen LogP contribution in [0.5, 0.6) is 0 Å². The molecule has 2 aliphatic heterocycles. The number of likely N-dealkylation sites (tertiary alicyclic amines) is 2. The summed E-state index contributed by atoms with van der Waals surface area (Å²) in [5.74, 6) is 2.15. The van der Waals surface area contributed by atoms with E-state index in [1.165, 1.54) is 86.5 Å². The van der Waals surface area contributed by atoms with E-state index in [9.17, 15) is 19.2 Å². The molecule has 2 fully saturated rings. The predicted octanol–water partition coefficient (Wildman–Crippen LogP) is 8.22. The van der Waals surface area contributed by atoms with E-state index < -0.39 is 0 Å². The number of fused-ring (bicyclic) bond motifs is 2. The standard InChI is InChI=1S/C52H76N6O4/c1-37-31-39-33-45-43(19-21-47(59)53-45)51(35-37)41(39)17-15-27-57(51)49(61)23-29-55(3)25-13-11-9-7-5-6-8-10-12-14-26-56(4)30-24-50(62)58-28-16-18-42-40-32-38(2)36-52(42,58)44-20-22-48(60)54-46(44)34-40/h19-22,31-32,39-42H,5-18,23-30,33-36H2,1-4H3,(H,53,59)(H,54,60)/t39-,40-,41+,42+,51+,52+/m0/s1. The average molecular weight is 849 g/mol. The molecular formula is C52H76N6O4. The summed E-state index contributed by atoms with van der Waals surface area (Å²) in [6.07, 6.45) is 26.5. The van der Waals surface area contributed by atoms with Gasteiger partial charge in [0.2, 0.25) is 22.9 Å². The van der Waals surface area contributed by atoms with E-state index in [1.807, 2.05) is 12.1 Å². The molecule has 0 saturated carbocycles. The first-order valence-corrected chi connectivity index (χ1v) is 24.8. The second kappa shape index (κ2) is 19.5. The molecule has 2 aromatic rings. The number of carbonyl (C=O) groups is 2. The Labute approximate surface area is 371 Å². The maximum Gasteiger partial charge on any atom is 0.248 e. The van der Waals surface area contributed by atoms with Crippen LogP contribution in [-0.4, -0.2) is 94.7 Å². The number of H-pyrrole nitrogens is 2. The summed E-state index contributed by atoms with van der Waals surface area (Å²) in [4.78, 5) is 68.0. The molecule has 4 aliphatic carbocycles. The normalized spacial score (nSPS) is 27.3. The van der Waals surface area contributed by atoms with Crippen molar-refractivity contribution in [2.45, 2.75) is 153 Å². The Hall–Kier alpha value is -3.76. The van der Waals surface area contributed by atoms with E-state index in [4.69, 9.17) is 0 Å². The van der Waals surface area contributed by atoms with Gasteiger partial charge in [-0.05, 0) is 152 Å². The number of rotatable bonds is 19. The Balaban J connectivity index is 0.673. The van der Waals surface area contributed by atoms with Crippen molar-refractivity contribution in [1.82, 2.24) is 29.6 Å². The molecule has 10 nitrogen and oxygen atoms in total. The molecule has 2 saturated heterocycles. The molecule has 0 spiro atoms. The lowest BCUT2D eigenvalue weighted by molar-refractivity contribution is -0.149.